The number of rotatable bonds is 2. The monoisotopic (exact) mass is 242 g/mol. The van der Waals surface area contributed by atoms with Gasteiger partial charge in [-0.1, -0.05) is 0 Å². The van der Waals surface area contributed by atoms with Crippen molar-refractivity contribution in [3.05, 3.63) is 41.9 Å². The molecule has 0 amide bonds. The zero-order valence-electron chi connectivity index (χ0n) is 10.3. The molecule has 18 heavy (non-hydrogen) atoms. The summed E-state index contributed by atoms with van der Waals surface area (Å²) in [6, 6.07) is 5.69. The van der Waals surface area contributed by atoms with Crippen molar-refractivity contribution in [3.63, 3.8) is 0 Å². The van der Waals surface area contributed by atoms with E-state index >= 15 is 0 Å². The van der Waals surface area contributed by atoms with Crippen molar-refractivity contribution >= 4 is 16.7 Å². The van der Waals surface area contributed by atoms with Crippen molar-refractivity contribution in [3.8, 4) is 0 Å². The van der Waals surface area contributed by atoms with E-state index in [0.717, 1.165) is 28.2 Å². The van der Waals surface area contributed by atoms with Crippen LogP contribution >= 0.6 is 0 Å². The number of imidazole rings is 1. The second-order valence-electron chi connectivity index (χ2n) is 4.37. The van der Waals surface area contributed by atoms with Crippen LogP contribution in [0.1, 0.15) is 17.3 Å². The van der Waals surface area contributed by atoms with E-state index in [-0.39, 0.29) is 0 Å². The van der Waals surface area contributed by atoms with Gasteiger partial charge in [0.25, 0.3) is 0 Å². The minimum atomic E-state index is 0.578. The van der Waals surface area contributed by atoms with Crippen molar-refractivity contribution in [2.45, 2.75) is 20.4 Å². The van der Waals surface area contributed by atoms with Gasteiger partial charge < -0.3 is 14.7 Å². The topological polar surface area (TPSA) is 69.9 Å². The third kappa shape index (κ3) is 1.73. The highest BCUT2D eigenvalue weighted by Gasteiger charge is 2.08. The van der Waals surface area contributed by atoms with Crippen molar-refractivity contribution in [2.24, 2.45) is 0 Å². The molecule has 3 rings (SSSR count). The van der Waals surface area contributed by atoms with Gasteiger partial charge in [-0.25, -0.2) is 9.97 Å². The number of nitrogens with zero attached hydrogens (tertiary/aromatic N) is 3. The molecule has 0 bridgehead atoms. The molecule has 0 aliphatic rings. The molecular formula is C13H14N4O. The van der Waals surface area contributed by atoms with Crippen molar-refractivity contribution in [1.82, 2.24) is 14.5 Å². The van der Waals surface area contributed by atoms with Gasteiger partial charge >= 0.3 is 0 Å². The number of aromatic nitrogens is 3. The molecule has 0 spiro atoms. The smallest absolute Gasteiger partial charge is 0.214 e. The molecule has 2 aromatic heterocycles. The summed E-state index contributed by atoms with van der Waals surface area (Å²) in [5.74, 6) is 1.56. The summed E-state index contributed by atoms with van der Waals surface area (Å²) >= 11 is 0. The van der Waals surface area contributed by atoms with Gasteiger partial charge in [-0.3, -0.25) is 0 Å². The number of nitrogens with two attached hydrogens (primary N) is 1. The van der Waals surface area contributed by atoms with Gasteiger partial charge in [0.2, 0.25) is 5.89 Å². The normalized spacial score (nSPS) is 11.2. The predicted octanol–water partition coefficient (Wildman–Crippen LogP) is 2.27. The number of hydrogen-bond donors (Lipinski definition) is 1. The van der Waals surface area contributed by atoms with Gasteiger partial charge in [0.15, 0.2) is 0 Å². The molecule has 0 saturated carbocycles. The van der Waals surface area contributed by atoms with E-state index in [0.29, 0.717) is 12.4 Å². The summed E-state index contributed by atoms with van der Waals surface area (Å²) < 4.78 is 7.58. The summed E-state index contributed by atoms with van der Waals surface area (Å²) in [6.07, 6.45) is 1.78. The fourth-order valence-corrected chi connectivity index (χ4v) is 1.96. The van der Waals surface area contributed by atoms with Crippen LogP contribution in [-0.2, 0) is 6.54 Å². The summed E-state index contributed by atoms with van der Waals surface area (Å²) in [7, 11) is 0. The largest absolute Gasteiger partial charge is 0.444 e. The summed E-state index contributed by atoms with van der Waals surface area (Å²) in [4.78, 5) is 8.69. The lowest BCUT2D eigenvalue weighted by Crippen LogP contribution is -1.98. The first-order valence-corrected chi connectivity index (χ1v) is 5.77. The van der Waals surface area contributed by atoms with Crippen LogP contribution in [0.5, 0.6) is 0 Å². The van der Waals surface area contributed by atoms with Gasteiger partial charge in [0, 0.05) is 5.69 Å². The highest BCUT2D eigenvalue weighted by Crippen LogP contribution is 2.18. The molecule has 0 unspecified atom stereocenters. The van der Waals surface area contributed by atoms with Crippen LogP contribution in [0.4, 0.5) is 5.69 Å². The maximum Gasteiger partial charge on any atom is 0.214 e. The van der Waals surface area contributed by atoms with Crippen LogP contribution in [0.2, 0.25) is 0 Å². The first-order valence-electron chi connectivity index (χ1n) is 5.77. The lowest BCUT2D eigenvalue weighted by molar-refractivity contribution is 0.459. The van der Waals surface area contributed by atoms with Crippen LogP contribution in [-0.4, -0.2) is 14.5 Å². The number of anilines is 1. The van der Waals surface area contributed by atoms with E-state index in [9.17, 15) is 0 Å². The lowest BCUT2D eigenvalue weighted by Gasteiger charge is -2.00. The Kier molecular flexibility index (Phi) is 2.33. The Hall–Kier alpha value is -2.30. The van der Waals surface area contributed by atoms with Gasteiger partial charge in [-0.15, -0.1) is 0 Å². The van der Waals surface area contributed by atoms with E-state index in [2.05, 4.69) is 9.97 Å². The molecule has 0 aliphatic carbocycles. The minimum Gasteiger partial charge on any atom is -0.444 e. The van der Waals surface area contributed by atoms with Crippen LogP contribution < -0.4 is 5.73 Å². The van der Waals surface area contributed by atoms with E-state index in [4.69, 9.17) is 10.2 Å². The van der Waals surface area contributed by atoms with E-state index in [1.54, 1.807) is 6.33 Å². The summed E-state index contributed by atoms with van der Waals surface area (Å²) in [5, 5.41) is 0. The maximum atomic E-state index is 5.73. The Morgan fingerprint density at radius 3 is 2.89 bits per heavy atom. The van der Waals surface area contributed by atoms with Crippen LogP contribution in [0.25, 0.3) is 11.0 Å². The Balaban J connectivity index is 2.00. The molecule has 92 valence electrons. The van der Waals surface area contributed by atoms with Crippen molar-refractivity contribution < 1.29 is 4.42 Å². The fraction of sp³-hybridized carbons (Fsp3) is 0.231. The first kappa shape index (κ1) is 10.8. The van der Waals surface area contributed by atoms with Gasteiger partial charge in [0.05, 0.1) is 23.1 Å². The number of nitrogen functional groups attached to an aromatic ring is 1. The lowest BCUT2D eigenvalue weighted by atomic mass is 10.3. The summed E-state index contributed by atoms with van der Waals surface area (Å²) in [5.41, 5.74) is 9.29. The fourth-order valence-electron chi connectivity index (χ4n) is 1.96. The average Bonchev–Trinajstić information content (AvgIpc) is 2.84. The molecular weight excluding hydrogens is 228 g/mol. The molecule has 0 fully saturated rings. The predicted molar refractivity (Wildman–Crippen MR) is 69.2 cm³/mol. The Morgan fingerprint density at radius 2 is 2.17 bits per heavy atom. The highest BCUT2D eigenvalue weighted by molar-refractivity contribution is 5.78. The number of benzene rings is 1. The third-order valence-corrected chi connectivity index (χ3v) is 3.02. The third-order valence-electron chi connectivity index (χ3n) is 3.02. The first-order chi connectivity index (χ1) is 8.63. The molecule has 5 nitrogen and oxygen atoms in total. The zero-order valence-corrected chi connectivity index (χ0v) is 10.3. The Morgan fingerprint density at radius 1 is 1.33 bits per heavy atom. The SMILES string of the molecule is Cc1nc(Cn2cnc3cc(N)ccc32)oc1C. The zero-order chi connectivity index (χ0) is 12.7. The Bertz CT molecular complexity index is 691. The van der Waals surface area contributed by atoms with Crippen molar-refractivity contribution in [2.75, 3.05) is 5.73 Å². The molecule has 1 aromatic carbocycles. The van der Waals surface area contributed by atoms with E-state index in [1.807, 2.05) is 36.6 Å². The minimum absolute atomic E-state index is 0.578. The second-order valence-corrected chi connectivity index (χ2v) is 4.37. The van der Waals surface area contributed by atoms with Crippen LogP contribution in [0.3, 0.4) is 0 Å². The maximum absolute atomic E-state index is 5.73. The van der Waals surface area contributed by atoms with E-state index < -0.39 is 0 Å². The standard InChI is InChI=1S/C13H14N4O/c1-8-9(2)18-13(16-8)6-17-7-15-11-5-10(14)3-4-12(11)17/h3-5,7H,6,14H2,1-2H3. The number of fused-ring (bicyclic) bond motifs is 1. The Labute approximate surface area is 104 Å². The second kappa shape index (κ2) is 3.87. The van der Waals surface area contributed by atoms with Crippen LogP contribution in [0.15, 0.2) is 28.9 Å². The highest BCUT2D eigenvalue weighted by atomic mass is 16.4. The quantitative estimate of drug-likeness (QED) is 0.700. The molecule has 0 aliphatic heterocycles. The van der Waals surface area contributed by atoms with Crippen molar-refractivity contribution in [1.29, 1.82) is 0 Å². The van der Waals surface area contributed by atoms with Crippen LogP contribution in [0, 0.1) is 13.8 Å². The molecule has 2 N–H and O–H groups in total. The van der Waals surface area contributed by atoms with Gasteiger partial charge in [-0.2, -0.15) is 0 Å². The molecule has 5 heteroatoms. The molecule has 2 heterocycles. The number of hydrogen-bond acceptors (Lipinski definition) is 4. The molecule has 0 atom stereocenters. The number of aryl methyl sites for hydroxylation is 2. The average molecular weight is 242 g/mol. The number of oxazole rings is 1. The van der Waals surface area contributed by atoms with Gasteiger partial charge in [-0.05, 0) is 32.0 Å². The summed E-state index contributed by atoms with van der Waals surface area (Å²) in [6.45, 7) is 4.43. The van der Waals surface area contributed by atoms with E-state index in [1.165, 1.54) is 0 Å². The molecule has 0 saturated heterocycles. The molecule has 0 radical (unpaired) electrons. The molecule has 3 aromatic rings. The van der Waals surface area contributed by atoms with Gasteiger partial charge in [0.1, 0.15) is 12.3 Å².